The van der Waals surface area contributed by atoms with Gasteiger partial charge < -0.3 is 10.2 Å². The molecule has 0 heterocycles. The van der Waals surface area contributed by atoms with E-state index in [1.54, 1.807) is 0 Å². The number of fused-ring (bicyclic) bond motifs is 5. The highest BCUT2D eigenvalue weighted by molar-refractivity contribution is 5.08. The minimum atomic E-state index is 0.182. The monoisotopic (exact) mass is 238 g/mol. The Balaban J connectivity index is 1.80. The van der Waals surface area contributed by atoms with E-state index < -0.39 is 0 Å². The summed E-state index contributed by atoms with van der Waals surface area (Å²) in [7, 11) is 0. The van der Waals surface area contributed by atoms with Crippen LogP contribution in [0.5, 0.6) is 0 Å². The molecule has 0 saturated heterocycles. The molecular weight excluding hydrogens is 212 g/mol. The van der Waals surface area contributed by atoms with Gasteiger partial charge in [-0.1, -0.05) is 13.8 Å². The van der Waals surface area contributed by atoms with Gasteiger partial charge in [-0.3, -0.25) is 0 Å². The van der Waals surface area contributed by atoms with Gasteiger partial charge in [-0.2, -0.15) is 0 Å². The molecule has 2 bridgehead atoms. The quantitative estimate of drug-likeness (QED) is 0.775. The van der Waals surface area contributed by atoms with Crippen LogP contribution in [0.25, 0.3) is 0 Å². The molecule has 3 saturated carbocycles. The third kappa shape index (κ3) is 1.60. The molecule has 3 fully saturated rings. The van der Waals surface area contributed by atoms with E-state index in [1.165, 1.54) is 32.1 Å². The second-order valence-corrected chi connectivity index (χ2v) is 7.66. The molecule has 0 amide bonds. The standard InChI is InChI=1S/C15H26O2/c1-14(8-16)4-3-11-12(7-14)10-5-13(11)15(2,6-10)9-17/h10-13,16-17H,3-9H2,1-2H3. The van der Waals surface area contributed by atoms with Crippen molar-refractivity contribution in [3.05, 3.63) is 0 Å². The molecule has 0 radical (unpaired) electrons. The average Bonchev–Trinajstić information content (AvgIpc) is 2.84. The SMILES string of the molecule is CC1(CO)CCC2C(C1)C1CC2C(C)(CO)C1. The summed E-state index contributed by atoms with van der Waals surface area (Å²) < 4.78 is 0. The van der Waals surface area contributed by atoms with Crippen LogP contribution in [0.2, 0.25) is 0 Å². The van der Waals surface area contributed by atoms with Crippen molar-refractivity contribution < 1.29 is 10.2 Å². The normalized spacial score (nSPS) is 57.2. The highest BCUT2D eigenvalue weighted by Gasteiger charge is 2.59. The minimum absolute atomic E-state index is 0.182. The number of aliphatic hydroxyl groups excluding tert-OH is 2. The van der Waals surface area contributed by atoms with Crippen molar-refractivity contribution in [3.8, 4) is 0 Å². The largest absolute Gasteiger partial charge is 0.396 e. The fourth-order valence-electron chi connectivity index (χ4n) is 5.36. The summed E-state index contributed by atoms with van der Waals surface area (Å²) in [6.07, 6.45) is 6.23. The Morgan fingerprint density at radius 2 is 1.82 bits per heavy atom. The molecule has 3 aliphatic rings. The van der Waals surface area contributed by atoms with Crippen LogP contribution in [-0.4, -0.2) is 23.4 Å². The van der Waals surface area contributed by atoms with Gasteiger partial charge in [0.15, 0.2) is 0 Å². The van der Waals surface area contributed by atoms with Crippen molar-refractivity contribution in [3.63, 3.8) is 0 Å². The van der Waals surface area contributed by atoms with E-state index in [1.807, 2.05) is 0 Å². The fourth-order valence-corrected chi connectivity index (χ4v) is 5.36. The zero-order valence-corrected chi connectivity index (χ0v) is 11.2. The molecular formula is C15H26O2. The Hall–Kier alpha value is -0.0800. The zero-order valence-electron chi connectivity index (χ0n) is 11.2. The number of rotatable bonds is 2. The molecule has 2 N–H and O–H groups in total. The van der Waals surface area contributed by atoms with Crippen LogP contribution in [0.15, 0.2) is 0 Å². The third-order valence-corrected chi connectivity index (χ3v) is 6.41. The molecule has 6 atom stereocenters. The lowest BCUT2D eigenvalue weighted by Crippen LogP contribution is -2.43. The van der Waals surface area contributed by atoms with Crippen molar-refractivity contribution in [1.82, 2.24) is 0 Å². The Labute approximate surface area is 104 Å². The average molecular weight is 238 g/mol. The lowest BCUT2D eigenvalue weighted by Gasteiger charge is -2.48. The van der Waals surface area contributed by atoms with Gasteiger partial charge in [0.05, 0.1) is 0 Å². The smallest absolute Gasteiger partial charge is 0.0487 e. The van der Waals surface area contributed by atoms with Gasteiger partial charge in [0, 0.05) is 13.2 Å². The second-order valence-electron chi connectivity index (χ2n) is 7.66. The maximum atomic E-state index is 9.65. The van der Waals surface area contributed by atoms with Gasteiger partial charge in [-0.15, -0.1) is 0 Å². The Morgan fingerprint density at radius 1 is 1.06 bits per heavy atom. The van der Waals surface area contributed by atoms with Crippen LogP contribution in [0.1, 0.15) is 46.0 Å². The van der Waals surface area contributed by atoms with E-state index in [0.29, 0.717) is 13.2 Å². The van der Waals surface area contributed by atoms with Crippen LogP contribution < -0.4 is 0 Å². The zero-order chi connectivity index (χ0) is 12.3. The Morgan fingerprint density at radius 3 is 2.47 bits per heavy atom. The number of hydrogen-bond donors (Lipinski definition) is 2. The maximum Gasteiger partial charge on any atom is 0.0487 e. The molecule has 0 aromatic carbocycles. The Bertz CT molecular complexity index is 316. The predicted octanol–water partition coefficient (Wildman–Crippen LogP) is 2.44. The van der Waals surface area contributed by atoms with E-state index in [9.17, 15) is 10.2 Å². The summed E-state index contributed by atoms with van der Waals surface area (Å²) in [6, 6.07) is 0. The van der Waals surface area contributed by atoms with E-state index in [-0.39, 0.29) is 10.8 Å². The van der Waals surface area contributed by atoms with E-state index in [0.717, 1.165) is 23.7 Å². The van der Waals surface area contributed by atoms with E-state index >= 15 is 0 Å². The lowest BCUT2D eigenvalue weighted by molar-refractivity contribution is -0.0328. The molecule has 0 spiro atoms. The molecule has 2 heteroatoms. The summed E-state index contributed by atoms with van der Waals surface area (Å²) >= 11 is 0. The van der Waals surface area contributed by atoms with Crippen LogP contribution in [0.4, 0.5) is 0 Å². The predicted molar refractivity (Wildman–Crippen MR) is 67.4 cm³/mol. The first-order chi connectivity index (χ1) is 8.01. The molecule has 0 aromatic heterocycles. The van der Waals surface area contributed by atoms with Gasteiger partial charge in [-0.25, -0.2) is 0 Å². The molecule has 3 aliphatic carbocycles. The van der Waals surface area contributed by atoms with Gasteiger partial charge >= 0.3 is 0 Å². The molecule has 0 aromatic rings. The first-order valence-electron chi connectivity index (χ1n) is 7.23. The molecule has 17 heavy (non-hydrogen) atoms. The fraction of sp³-hybridized carbons (Fsp3) is 1.00. The third-order valence-electron chi connectivity index (χ3n) is 6.41. The second kappa shape index (κ2) is 3.71. The summed E-state index contributed by atoms with van der Waals surface area (Å²) in [6.45, 7) is 5.26. The van der Waals surface area contributed by atoms with Gasteiger partial charge in [-0.05, 0) is 66.6 Å². The number of hydrogen-bond acceptors (Lipinski definition) is 2. The van der Waals surface area contributed by atoms with Crippen molar-refractivity contribution in [2.75, 3.05) is 13.2 Å². The topological polar surface area (TPSA) is 40.5 Å². The van der Waals surface area contributed by atoms with E-state index in [4.69, 9.17) is 0 Å². The van der Waals surface area contributed by atoms with E-state index in [2.05, 4.69) is 13.8 Å². The number of aliphatic hydroxyl groups is 2. The maximum absolute atomic E-state index is 9.65. The summed E-state index contributed by atoms with van der Waals surface area (Å²) in [5.41, 5.74) is 0.389. The lowest BCUT2D eigenvalue weighted by atomic mass is 9.57. The van der Waals surface area contributed by atoms with Crippen molar-refractivity contribution >= 4 is 0 Å². The van der Waals surface area contributed by atoms with Gasteiger partial charge in [0.2, 0.25) is 0 Å². The summed E-state index contributed by atoms with van der Waals surface area (Å²) in [4.78, 5) is 0. The van der Waals surface area contributed by atoms with Crippen LogP contribution in [-0.2, 0) is 0 Å². The summed E-state index contributed by atoms with van der Waals surface area (Å²) in [5, 5.41) is 19.2. The van der Waals surface area contributed by atoms with Crippen LogP contribution in [0.3, 0.4) is 0 Å². The minimum Gasteiger partial charge on any atom is -0.396 e. The van der Waals surface area contributed by atoms with Gasteiger partial charge in [0.1, 0.15) is 0 Å². The molecule has 0 aliphatic heterocycles. The molecule has 2 nitrogen and oxygen atoms in total. The molecule has 6 unspecified atom stereocenters. The molecule has 3 rings (SSSR count). The first-order valence-corrected chi connectivity index (χ1v) is 7.23. The summed E-state index contributed by atoms with van der Waals surface area (Å²) in [5.74, 6) is 3.26. The van der Waals surface area contributed by atoms with Crippen LogP contribution >= 0.6 is 0 Å². The van der Waals surface area contributed by atoms with Crippen molar-refractivity contribution in [2.45, 2.75) is 46.0 Å². The van der Waals surface area contributed by atoms with Crippen molar-refractivity contribution in [1.29, 1.82) is 0 Å². The first kappa shape index (κ1) is 12.0. The van der Waals surface area contributed by atoms with Crippen LogP contribution in [0, 0.1) is 34.5 Å². The highest BCUT2D eigenvalue weighted by Crippen LogP contribution is 2.66. The highest BCUT2D eigenvalue weighted by atomic mass is 16.3. The molecule has 98 valence electrons. The van der Waals surface area contributed by atoms with Gasteiger partial charge in [0.25, 0.3) is 0 Å². The van der Waals surface area contributed by atoms with Crippen molar-refractivity contribution in [2.24, 2.45) is 34.5 Å². The Kier molecular flexibility index (Phi) is 2.61.